The molecule has 0 aromatic heterocycles. The van der Waals surface area contributed by atoms with Crippen molar-refractivity contribution in [2.75, 3.05) is 31.5 Å². The maximum absolute atomic E-state index is 12.8. The number of amides is 1. The van der Waals surface area contributed by atoms with Gasteiger partial charge in [0.25, 0.3) is 0 Å². The van der Waals surface area contributed by atoms with Crippen molar-refractivity contribution in [3.8, 4) is 23.0 Å². The van der Waals surface area contributed by atoms with E-state index in [1.54, 1.807) is 25.3 Å². The minimum atomic E-state index is -1.14. The summed E-state index contributed by atoms with van der Waals surface area (Å²) in [5, 5.41) is 16.2. The predicted molar refractivity (Wildman–Crippen MR) is 172 cm³/mol. The lowest BCUT2D eigenvalue weighted by atomic mass is 9.75. The topological polar surface area (TPSA) is 115 Å². The summed E-state index contributed by atoms with van der Waals surface area (Å²) < 4.78 is 23.3. The van der Waals surface area contributed by atoms with E-state index in [-0.39, 0.29) is 29.9 Å². The molecule has 3 unspecified atom stereocenters. The Labute approximate surface area is 263 Å². The van der Waals surface area contributed by atoms with Gasteiger partial charge in [-0.05, 0) is 60.9 Å². The monoisotopic (exact) mass is 624 g/mol. The highest BCUT2D eigenvalue weighted by Gasteiger charge is 2.31. The molecule has 3 aromatic rings. The van der Waals surface area contributed by atoms with Crippen molar-refractivity contribution in [1.82, 2.24) is 0 Å². The van der Waals surface area contributed by atoms with Crippen molar-refractivity contribution < 1.29 is 33.6 Å². The Balaban J connectivity index is 1.44. The van der Waals surface area contributed by atoms with E-state index in [9.17, 15) is 14.7 Å². The third-order valence-electron chi connectivity index (χ3n) is 8.01. The van der Waals surface area contributed by atoms with Gasteiger partial charge < -0.3 is 34.7 Å². The highest BCUT2D eigenvalue weighted by Crippen LogP contribution is 2.39. The summed E-state index contributed by atoms with van der Waals surface area (Å²) in [5.74, 6) is 1.56. The number of halogens is 1. The molecule has 0 bridgehead atoms. The molecule has 4 rings (SSSR count). The van der Waals surface area contributed by atoms with Crippen LogP contribution in [0.3, 0.4) is 0 Å². The van der Waals surface area contributed by atoms with Crippen LogP contribution in [0, 0.1) is 17.8 Å². The van der Waals surface area contributed by atoms with E-state index in [0.717, 1.165) is 18.5 Å². The molecule has 0 heterocycles. The fourth-order valence-electron chi connectivity index (χ4n) is 5.62. The molecule has 1 fully saturated rings. The normalized spacial score (nSPS) is 18.0. The number of hydrogen-bond acceptors (Lipinski definition) is 7. The first-order valence-corrected chi connectivity index (χ1v) is 15.2. The Morgan fingerprint density at radius 1 is 1.00 bits per heavy atom. The van der Waals surface area contributed by atoms with Crippen molar-refractivity contribution in [2.45, 2.75) is 52.7 Å². The number of hydrogen-bond donors (Lipinski definition) is 3. The van der Waals surface area contributed by atoms with Crippen molar-refractivity contribution >= 4 is 34.9 Å². The molecule has 0 radical (unpaired) electrons. The highest BCUT2D eigenvalue weighted by molar-refractivity contribution is 6.30. The van der Waals surface area contributed by atoms with Crippen molar-refractivity contribution in [3.05, 3.63) is 70.7 Å². The number of benzene rings is 3. The fraction of sp³-hybridized carbons (Fsp3) is 0.412. The SMILES string of the molecule is COc1cc(NCc2cccc(OC)c2Oc2cc(Cl)ccc2C(=O)O)ccc1NC(=O)COC1CC(C)CCC1C(C)C. The van der Waals surface area contributed by atoms with Gasteiger partial charge in [0, 0.05) is 35.0 Å². The number of carbonyl (C=O) groups excluding carboxylic acids is 1. The van der Waals surface area contributed by atoms with Gasteiger partial charge in [0.05, 0.1) is 26.0 Å². The largest absolute Gasteiger partial charge is 0.494 e. The van der Waals surface area contributed by atoms with Gasteiger partial charge in [-0.15, -0.1) is 0 Å². The molecule has 0 saturated heterocycles. The maximum atomic E-state index is 12.8. The maximum Gasteiger partial charge on any atom is 0.339 e. The van der Waals surface area contributed by atoms with Crippen LogP contribution in [0.2, 0.25) is 5.02 Å². The van der Waals surface area contributed by atoms with E-state index in [1.165, 1.54) is 31.7 Å². The predicted octanol–water partition coefficient (Wildman–Crippen LogP) is 7.88. The molecule has 1 aliphatic carbocycles. The van der Waals surface area contributed by atoms with E-state index in [4.69, 9.17) is 30.5 Å². The van der Waals surface area contributed by atoms with E-state index >= 15 is 0 Å². The lowest BCUT2D eigenvalue weighted by molar-refractivity contribution is -0.126. The number of carboxylic acid groups (broad SMARTS) is 1. The van der Waals surface area contributed by atoms with Crippen LogP contribution in [0.5, 0.6) is 23.0 Å². The fourth-order valence-corrected chi connectivity index (χ4v) is 5.78. The average Bonchev–Trinajstić information content (AvgIpc) is 2.99. The lowest BCUT2D eigenvalue weighted by Crippen LogP contribution is -2.36. The second kappa shape index (κ2) is 15.2. The molecular weight excluding hydrogens is 584 g/mol. The lowest BCUT2D eigenvalue weighted by Gasteiger charge is -2.37. The van der Waals surface area contributed by atoms with Crippen LogP contribution >= 0.6 is 11.6 Å². The van der Waals surface area contributed by atoms with Gasteiger partial charge in [-0.3, -0.25) is 4.79 Å². The molecule has 9 nitrogen and oxygen atoms in total. The quantitative estimate of drug-likeness (QED) is 0.176. The van der Waals surface area contributed by atoms with Gasteiger partial charge in [-0.25, -0.2) is 4.79 Å². The zero-order chi connectivity index (χ0) is 31.8. The summed E-state index contributed by atoms with van der Waals surface area (Å²) in [6.45, 7) is 6.97. The number of rotatable bonds is 13. The molecule has 3 N–H and O–H groups in total. The van der Waals surface area contributed by atoms with E-state index in [0.29, 0.717) is 57.8 Å². The Kier molecular flexibility index (Phi) is 11.4. The van der Waals surface area contributed by atoms with Crippen molar-refractivity contribution in [1.29, 1.82) is 0 Å². The Morgan fingerprint density at radius 3 is 2.48 bits per heavy atom. The zero-order valence-electron chi connectivity index (χ0n) is 25.8. The molecule has 1 amide bonds. The van der Waals surface area contributed by atoms with Gasteiger partial charge in [-0.1, -0.05) is 50.9 Å². The van der Waals surface area contributed by atoms with Crippen LogP contribution in [-0.2, 0) is 16.1 Å². The standard InChI is InChI=1S/C34H41ClN2O7/c1-20(2)25-12-9-21(3)15-29(25)43-19-32(38)37-27-14-11-24(17-31(27)42-5)36-18-22-7-6-8-28(41-4)33(22)44-30-16-23(35)10-13-26(30)34(39)40/h6-8,10-11,13-14,16-17,20-21,25,29,36H,9,12,15,18-19H2,1-5H3,(H,37,38)(H,39,40). The minimum absolute atomic E-state index is 0.0153. The highest BCUT2D eigenvalue weighted by atomic mass is 35.5. The van der Waals surface area contributed by atoms with Gasteiger partial charge in [0.15, 0.2) is 11.5 Å². The first-order valence-electron chi connectivity index (χ1n) is 14.8. The van der Waals surface area contributed by atoms with Crippen LogP contribution < -0.4 is 24.8 Å². The van der Waals surface area contributed by atoms with Crippen LogP contribution in [0.15, 0.2) is 54.6 Å². The smallest absolute Gasteiger partial charge is 0.339 e. The second-order valence-electron chi connectivity index (χ2n) is 11.5. The van der Waals surface area contributed by atoms with E-state index in [2.05, 4.69) is 31.4 Å². The molecule has 1 aliphatic rings. The summed E-state index contributed by atoms with van der Waals surface area (Å²) in [7, 11) is 3.05. The summed E-state index contributed by atoms with van der Waals surface area (Å²) >= 11 is 6.13. The van der Waals surface area contributed by atoms with Gasteiger partial charge in [0.2, 0.25) is 5.91 Å². The number of para-hydroxylation sites is 1. The molecular formula is C34H41ClN2O7. The van der Waals surface area contributed by atoms with Crippen LogP contribution in [-0.4, -0.2) is 43.9 Å². The Bertz CT molecular complexity index is 1460. The zero-order valence-corrected chi connectivity index (χ0v) is 26.6. The molecule has 3 aromatic carbocycles. The second-order valence-corrected chi connectivity index (χ2v) is 11.9. The third-order valence-corrected chi connectivity index (χ3v) is 8.25. The minimum Gasteiger partial charge on any atom is -0.494 e. The third kappa shape index (κ3) is 8.36. The van der Waals surface area contributed by atoms with E-state index < -0.39 is 5.97 Å². The molecule has 3 atom stereocenters. The number of ether oxygens (including phenoxy) is 4. The number of carboxylic acids is 1. The van der Waals surface area contributed by atoms with Gasteiger partial charge in [0.1, 0.15) is 23.7 Å². The molecule has 236 valence electrons. The molecule has 10 heteroatoms. The van der Waals surface area contributed by atoms with Crippen LogP contribution in [0.25, 0.3) is 0 Å². The Hall–Kier alpha value is -3.95. The van der Waals surface area contributed by atoms with Crippen LogP contribution in [0.4, 0.5) is 11.4 Å². The molecule has 44 heavy (non-hydrogen) atoms. The number of methoxy groups -OCH3 is 2. The van der Waals surface area contributed by atoms with E-state index in [1.807, 2.05) is 18.2 Å². The Morgan fingerprint density at radius 2 is 1.77 bits per heavy atom. The average molecular weight is 625 g/mol. The van der Waals surface area contributed by atoms with Gasteiger partial charge >= 0.3 is 5.97 Å². The molecule has 0 spiro atoms. The molecule has 1 saturated carbocycles. The summed E-state index contributed by atoms with van der Waals surface area (Å²) in [5.41, 5.74) is 1.96. The van der Waals surface area contributed by atoms with Crippen LogP contribution in [0.1, 0.15) is 56.0 Å². The molecule has 0 aliphatic heterocycles. The number of carbonyl (C=O) groups is 2. The first-order chi connectivity index (χ1) is 21.1. The number of anilines is 2. The summed E-state index contributed by atoms with van der Waals surface area (Å²) in [4.78, 5) is 24.6. The van der Waals surface area contributed by atoms with Gasteiger partial charge in [-0.2, -0.15) is 0 Å². The van der Waals surface area contributed by atoms with Crippen molar-refractivity contribution in [2.24, 2.45) is 17.8 Å². The summed E-state index contributed by atoms with van der Waals surface area (Å²) in [6, 6.07) is 15.1. The number of nitrogens with one attached hydrogen (secondary N) is 2. The summed E-state index contributed by atoms with van der Waals surface area (Å²) in [6.07, 6.45) is 3.38. The first kappa shape index (κ1) is 33.0. The number of aromatic carboxylic acids is 1. The van der Waals surface area contributed by atoms with Crippen molar-refractivity contribution in [3.63, 3.8) is 0 Å².